The lowest BCUT2D eigenvalue weighted by molar-refractivity contribution is -0.115. The van der Waals surface area contributed by atoms with Crippen LogP contribution in [0.3, 0.4) is 0 Å². The fraction of sp³-hybridized carbons (Fsp3) is 0.462. The maximum Gasteiger partial charge on any atom is 0.238 e. The molecule has 0 aromatic heterocycles. The predicted molar refractivity (Wildman–Crippen MR) is 70.6 cm³/mol. The number of nitrogens with one attached hydrogen (secondary N) is 2. The summed E-state index contributed by atoms with van der Waals surface area (Å²) < 4.78 is 5.05. The minimum atomic E-state index is -0.0824. The van der Waals surface area contributed by atoms with Crippen molar-refractivity contribution in [2.75, 3.05) is 38.2 Å². The van der Waals surface area contributed by atoms with Gasteiger partial charge >= 0.3 is 0 Å². The van der Waals surface area contributed by atoms with Gasteiger partial charge in [0, 0.05) is 12.2 Å². The molecule has 0 aliphatic rings. The topological polar surface area (TPSA) is 70.6 Å². The van der Waals surface area contributed by atoms with Gasteiger partial charge in [0.2, 0.25) is 5.91 Å². The average molecular weight is 252 g/mol. The van der Waals surface area contributed by atoms with Gasteiger partial charge < -0.3 is 20.5 Å². The molecule has 0 heterocycles. The van der Waals surface area contributed by atoms with Crippen molar-refractivity contribution in [1.29, 1.82) is 0 Å². The van der Waals surface area contributed by atoms with Crippen molar-refractivity contribution >= 4 is 11.6 Å². The van der Waals surface area contributed by atoms with E-state index in [4.69, 9.17) is 9.84 Å². The van der Waals surface area contributed by atoms with Gasteiger partial charge in [0.1, 0.15) is 0 Å². The highest BCUT2D eigenvalue weighted by atomic mass is 16.5. The zero-order valence-electron chi connectivity index (χ0n) is 10.6. The third kappa shape index (κ3) is 6.34. The molecule has 0 atom stereocenters. The molecule has 0 unspecified atom stereocenters. The molecule has 18 heavy (non-hydrogen) atoms. The third-order valence-corrected chi connectivity index (χ3v) is 2.28. The predicted octanol–water partition coefficient (Wildman–Crippen LogP) is 0.532. The molecule has 0 radical (unpaired) electrons. The van der Waals surface area contributed by atoms with E-state index in [1.165, 1.54) is 0 Å². The van der Waals surface area contributed by atoms with Crippen LogP contribution in [0.5, 0.6) is 0 Å². The minimum Gasteiger partial charge on any atom is -0.394 e. The van der Waals surface area contributed by atoms with Gasteiger partial charge in [-0.2, -0.15) is 0 Å². The molecule has 1 rings (SSSR count). The van der Waals surface area contributed by atoms with Crippen LogP contribution in [0.25, 0.3) is 0 Å². The Morgan fingerprint density at radius 2 is 2.00 bits per heavy atom. The summed E-state index contributed by atoms with van der Waals surface area (Å²) in [5.74, 6) is -0.0824. The lowest BCUT2D eigenvalue weighted by atomic mass is 10.2. The van der Waals surface area contributed by atoms with E-state index in [-0.39, 0.29) is 19.1 Å². The quantitative estimate of drug-likeness (QED) is 0.590. The number of rotatable bonds is 8. The lowest BCUT2D eigenvalue weighted by Gasteiger charge is -2.07. The summed E-state index contributed by atoms with van der Waals surface area (Å²) in [5.41, 5.74) is 1.95. The molecule has 0 bridgehead atoms. The molecular weight excluding hydrogens is 232 g/mol. The number of hydrogen-bond donors (Lipinski definition) is 3. The van der Waals surface area contributed by atoms with Crippen LogP contribution in [0.4, 0.5) is 5.69 Å². The van der Waals surface area contributed by atoms with E-state index in [1.807, 2.05) is 31.2 Å². The second-order valence-corrected chi connectivity index (χ2v) is 3.93. The first-order chi connectivity index (χ1) is 8.72. The van der Waals surface area contributed by atoms with Gasteiger partial charge in [-0.25, -0.2) is 0 Å². The van der Waals surface area contributed by atoms with E-state index in [0.29, 0.717) is 19.8 Å². The number of hydrogen-bond acceptors (Lipinski definition) is 4. The van der Waals surface area contributed by atoms with E-state index >= 15 is 0 Å². The Labute approximate surface area is 107 Å². The number of aliphatic hydroxyl groups is 1. The zero-order valence-corrected chi connectivity index (χ0v) is 10.6. The number of carbonyl (C=O) groups excluding carboxylic acids is 1. The summed E-state index contributed by atoms with van der Waals surface area (Å²) in [6.45, 7) is 3.67. The summed E-state index contributed by atoms with van der Waals surface area (Å²) in [6.07, 6.45) is 0. The standard InChI is InChI=1S/C13H20N2O3/c1-11-2-4-12(5-3-11)15-13(17)10-14-6-8-18-9-7-16/h2-5,14,16H,6-10H2,1H3,(H,15,17). The van der Waals surface area contributed by atoms with Crippen LogP contribution >= 0.6 is 0 Å². The van der Waals surface area contributed by atoms with Crippen molar-refractivity contribution in [3.05, 3.63) is 29.8 Å². The molecule has 3 N–H and O–H groups in total. The first-order valence-corrected chi connectivity index (χ1v) is 5.98. The molecule has 0 fully saturated rings. The molecule has 100 valence electrons. The lowest BCUT2D eigenvalue weighted by Crippen LogP contribution is -2.30. The largest absolute Gasteiger partial charge is 0.394 e. The van der Waals surface area contributed by atoms with Crippen LogP contribution in [0, 0.1) is 6.92 Å². The van der Waals surface area contributed by atoms with Crippen molar-refractivity contribution in [1.82, 2.24) is 5.32 Å². The van der Waals surface area contributed by atoms with Crippen LogP contribution in [-0.4, -0.2) is 43.9 Å². The number of aliphatic hydroxyl groups excluding tert-OH is 1. The maximum absolute atomic E-state index is 11.5. The molecule has 1 aromatic rings. The van der Waals surface area contributed by atoms with Gasteiger partial charge in [-0.1, -0.05) is 17.7 Å². The normalized spacial score (nSPS) is 10.3. The maximum atomic E-state index is 11.5. The second kappa shape index (κ2) is 8.63. The van der Waals surface area contributed by atoms with Crippen LogP contribution in [-0.2, 0) is 9.53 Å². The molecule has 0 saturated heterocycles. The Balaban J connectivity index is 2.12. The van der Waals surface area contributed by atoms with Gasteiger partial charge in [-0.3, -0.25) is 4.79 Å². The number of anilines is 1. The SMILES string of the molecule is Cc1ccc(NC(=O)CNCCOCCO)cc1. The van der Waals surface area contributed by atoms with Gasteiger partial charge in [-0.15, -0.1) is 0 Å². The van der Waals surface area contributed by atoms with E-state index in [9.17, 15) is 4.79 Å². The van der Waals surface area contributed by atoms with Gasteiger partial charge in [0.05, 0.1) is 26.4 Å². The van der Waals surface area contributed by atoms with E-state index in [2.05, 4.69) is 10.6 Å². The molecule has 1 aromatic carbocycles. The third-order valence-electron chi connectivity index (χ3n) is 2.28. The second-order valence-electron chi connectivity index (χ2n) is 3.93. The van der Waals surface area contributed by atoms with E-state index in [0.717, 1.165) is 11.3 Å². The molecule has 1 amide bonds. The Hall–Kier alpha value is -1.43. The summed E-state index contributed by atoms with van der Waals surface area (Å²) in [7, 11) is 0. The number of aryl methyl sites for hydroxylation is 1. The molecule has 0 saturated carbocycles. The summed E-state index contributed by atoms with van der Waals surface area (Å²) in [6, 6.07) is 7.65. The fourth-order valence-electron chi connectivity index (χ4n) is 1.35. The first-order valence-electron chi connectivity index (χ1n) is 5.98. The number of amides is 1. The Morgan fingerprint density at radius 3 is 2.67 bits per heavy atom. The molecular formula is C13H20N2O3. The van der Waals surface area contributed by atoms with E-state index < -0.39 is 0 Å². The first kappa shape index (κ1) is 14.6. The monoisotopic (exact) mass is 252 g/mol. The number of ether oxygens (including phenoxy) is 1. The highest BCUT2D eigenvalue weighted by Crippen LogP contribution is 2.07. The number of carbonyl (C=O) groups is 1. The Morgan fingerprint density at radius 1 is 1.28 bits per heavy atom. The molecule has 5 heteroatoms. The van der Waals surface area contributed by atoms with E-state index in [1.54, 1.807) is 0 Å². The molecule has 5 nitrogen and oxygen atoms in total. The van der Waals surface area contributed by atoms with Crippen LogP contribution in [0.15, 0.2) is 24.3 Å². The Kier molecular flexibility index (Phi) is 7.01. The van der Waals surface area contributed by atoms with Crippen molar-refractivity contribution < 1.29 is 14.6 Å². The molecule has 0 aliphatic carbocycles. The fourth-order valence-corrected chi connectivity index (χ4v) is 1.35. The van der Waals surface area contributed by atoms with Crippen molar-refractivity contribution in [3.63, 3.8) is 0 Å². The van der Waals surface area contributed by atoms with Crippen molar-refractivity contribution in [2.24, 2.45) is 0 Å². The van der Waals surface area contributed by atoms with Crippen LogP contribution in [0.2, 0.25) is 0 Å². The summed E-state index contributed by atoms with van der Waals surface area (Å²) in [4.78, 5) is 11.5. The van der Waals surface area contributed by atoms with Gasteiger partial charge in [0.15, 0.2) is 0 Å². The Bertz CT molecular complexity index is 352. The van der Waals surface area contributed by atoms with Gasteiger partial charge in [0.25, 0.3) is 0 Å². The number of benzene rings is 1. The average Bonchev–Trinajstić information content (AvgIpc) is 2.36. The highest BCUT2D eigenvalue weighted by Gasteiger charge is 2.00. The van der Waals surface area contributed by atoms with Crippen LogP contribution in [0.1, 0.15) is 5.56 Å². The molecule has 0 spiro atoms. The summed E-state index contributed by atoms with van der Waals surface area (Å²) in [5, 5.41) is 14.2. The highest BCUT2D eigenvalue weighted by molar-refractivity contribution is 5.92. The van der Waals surface area contributed by atoms with Crippen molar-refractivity contribution in [3.8, 4) is 0 Å². The zero-order chi connectivity index (χ0) is 13.2. The molecule has 0 aliphatic heterocycles. The summed E-state index contributed by atoms with van der Waals surface area (Å²) >= 11 is 0. The van der Waals surface area contributed by atoms with Gasteiger partial charge in [-0.05, 0) is 19.1 Å². The smallest absolute Gasteiger partial charge is 0.238 e. The van der Waals surface area contributed by atoms with Crippen LogP contribution < -0.4 is 10.6 Å². The van der Waals surface area contributed by atoms with Crippen molar-refractivity contribution in [2.45, 2.75) is 6.92 Å². The minimum absolute atomic E-state index is 0.0217.